The van der Waals surface area contributed by atoms with Gasteiger partial charge in [0.1, 0.15) is 30.2 Å². The van der Waals surface area contributed by atoms with Crippen molar-refractivity contribution < 1.29 is 34.7 Å². The van der Waals surface area contributed by atoms with Gasteiger partial charge in [-0.05, 0) is 41.3 Å². The van der Waals surface area contributed by atoms with Crippen LogP contribution in [0, 0.1) is 0 Å². The number of rotatable bonds is 8. The number of ketones is 1. The summed E-state index contributed by atoms with van der Waals surface area (Å²) >= 11 is 0. The maximum Gasteiger partial charge on any atom is 0.229 e. The number of aliphatic hydroxyl groups excluding tert-OH is 4. The molecule has 2 aromatic rings. The molecule has 32 heavy (non-hydrogen) atoms. The van der Waals surface area contributed by atoms with Gasteiger partial charge >= 0.3 is 0 Å². The molecule has 8 nitrogen and oxygen atoms in total. The third-order valence-corrected chi connectivity index (χ3v) is 5.26. The Morgan fingerprint density at radius 2 is 1.81 bits per heavy atom. The lowest BCUT2D eigenvalue weighted by Gasteiger charge is -2.39. The fourth-order valence-corrected chi connectivity index (χ4v) is 3.29. The van der Waals surface area contributed by atoms with Gasteiger partial charge in [0.15, 0.2) is 5.78 Å². The number of hydrogen-bond acceptors (Lipinski definition) is 8. The van der Waals surface area contributed by atoms with Crippen LogP contribution in [0.1, 0.15) is 36.6 Å². The Morgan fingerprint density at radius 3 is 2.41 bits per heavy atom. The van der Waals surface area contributed by atoms with Crippen molar-refractivity contribution in [2.24, 2.45) is 0 Å². The van der Waals surface area contributed by atoms with Gasteiger partial charge in [-0.25, -0.2) is 0 Å². The third kappa shape index (κ3) is 5.99. The fraction of sp³-hybridized carbons (Fsp3) is 0.417. The van der Waals surface area contributed by atoms with Crippen LogP contribution in [0.3, 0.4) is 0 Å². The first-order valence-corrected chi connectivity index (χ1v) is 10.5. The second kappa shape index (κ2) is 10.8. The Kier molecular flexibility index (Phi) is 8.11. The van der Waals surface area contributed by atoms with Crippen molar-refractivity contribution in [2.45, 2.75) is 56.9 Å². The quantitative estimate of drug-likeness (QED) is 0.448. The van der Waals surface area contributed by atoms with Crippen molar-refractivity contribution >= 4 is 11.9 Å². The van der Waals surface area contributed by atoms with Gasteiger partial charge in [-0.3, -0.25) is 9.78 Å². The zero-order valence-electron chi connectivity index (χ0n) is 18.0. The molecule has 1 aliphatic heterocycles. The van der Waals surface area contributed by atoms with Crippen LogP contribution in [0.2, 0.25) is 0 Å². The van der Waals surface area contributed by atoms with Crippen LogP contribution in [0.4, 0.5) is 0 Å². The Morgan fingerprint density at radius 1 is 1.09 bits per heavy atom. The number of ether oxygens (including phenoxy) is 2. The molecule has 1 aliphatic rings. The maximum atomic E-state index is 12.2. The average Bonchev–Trinajstić information content (AvgIpc) is 2.79. The molecule has 2 heterocycles. The summed E-state index contributed by atoms with van der Waals surface area (Å²) in [6, 6.07) is 10.6. The number of benzene rings is 1. The number of aliphatic hydroxyl groups is 4. The van der Waals surface area contributed by atoms with E-state index >= 15 is 0 Å². The first kappa shape index (κ1) is 24.0. The second-order valence-corrected chi connectivity index (χ2v) is 8.11. The number of nitrogens with zero attached hydrogens (tertiary/aromatic N) is 1. The van der Waals surface area contributed by atoms with E-state index in [0.717, 1.165) is 16.8 Å². The Hall–Kier alpha value is -2.62. The summed E-state index contributed by atoms with van der Waals surface area (Å²) in [4.78, 5) is 16.6. The molecule has 0 saturated carbocycles. The van der Waals surface area contributed by atoms with Crippen molar-refractivity contribution in [1.82, 2.24) is 4.98 Å². The van der Waals surface area contributed by atoms with Crippen molar-refractivity contribution in [2.75, 3.05) is 6.61 Å². The number of allylic oxidation sites excluding steroid dienone is 1. The summed E-state index contributed by atoms with van der Waals surface area (Å²) in [5, 5.41) is 39.0. The summed E-state index contributed by atoms with van der Waals surface area (Å²) in [6.07, 6.45) is -1.52. The number of pyridine rings is 1. The molecule has 2 unspecified atom stereocenters. The number of aromatic nitrogens is 1. The first-order valence-electron chi connectivity index (χ1n) is 10.5. The van der Waals surface area contributed by atoms with E-state index in [1.54, 1.807) is 36.5 Å². The minimum absolute atomic E-state index is 0.0502. The molecule has 1 fully saturated rings. The molecular weight excluding hydrogens is 414 g/mol. The van der Waals surface area contributed by atoms with Crippen molar-refractivity contribution in [3.8, 4) is 5.75 Å². The van der Waals surface area contributed by atoms with Gasteiger partial charge in [0, 0.05) is 18.3 Å². The summed E-state index contributed by atoms with van der Waals surface area (Å²) in [6.45, 7) is 3.60. The molecule has 0 bridgehead atoms. The van der Waals surface area contributed by atoms with Crippen LogP contribution in [0.5, 0.6) is 5.75 Å². The standard InChI is InChI=1S/C24H29NO7/c1-14(2)19-10-6-16(12-25-19)11-17(27)7-3-15-4-8-18(9-5-15)31-24-23(30)22(29)21(28)20(13-26)32-24/h3-10,12,14,20-24,26,28-30H,11,13H2,1-2H3/b7-3+/t20?,21-,22-,23?,24+/m0/s1. The van der Waals surface area contributed by atoms with Crippen LogP contribution < -0.4 is 4.74 Å². The normalized spacial score (nSPS) is 25.9. The van der Waals surface area contributed by atoms with E-state index in [9.17, 15) is 25.2 Å². The van der Waals surface area contributed by atoms with E-state index in [2.05, 4.69) is 18.8 Å². The molecule has 8 heteroatoms. The van der Waals surface area contributed by atoms with E-state index in [0.29, 0.717) is 11.7 Å². The molecule has 0 aliphatic carbocycles. The first-order chi connectivity index (χ1) is 15.3. The molecule has 0 amide bonds. The van der Waals surface area contributed by atoms with Gasteiger partial charge < -0.3 is 29.9 Å². The Bertz CT molecular complexity index is 909. The van der Waals surface area contributed by atoms with E-state index in [1.165, 1.54) is 6.08 Å². The highest BCUT2D eigenvalue weighted by Gasteiger charge is 2.44. The lowest BCUT2D eigenvalue weighted by atomic mass is 9.99. The van der Waals surface area contributed by atoms with Crippen LogP contribution in [0.25, 0.3) is 6.08 Å². The molecule has 1 aromatic heterocycles. The molecular formula is C24H29NO7. The minimum atomic E-state index is -1.50. The lowest BCUT2D eigenvalue weighted by Crippen LogP contribution is -2.60. The number of hydrogen-bond donors (Lipinski definition) is 4. The summed E-state index contributed by atoms with van der Waals surface area (Å²) < 4.78 is 10.9. The zero-order chi connectivity index (χ0) is 23.3. The average molecular weight is 443 g/mol. The summed E-state index contributed by atoms with van der Waals surface area (Å²) in [7, 11) is 0. The van der Waals surface area contributed by atoms with Gasteiger partial charge in [-0.15, -0.1) is 0 Å². The smallest absolute Gasteiger partial charge is 0.229 e. The van der Waals surface area contributed by atoms with Gasteiger partial charge in [-0.1, -0.05) is 38.1 Å². The van der Waals surface area contributed by atoms with Gasteiger partial charge in [0.2, 0.25) is 6.29 Å². The summed E-state index contributed by atoms with van der Waals surface area (Å²) in [5.74, 6) is 0.646. The second-order valence-electron chi connectivity index (χ2n) is 8.11. The highest BCUT2D eigenvalue weighted by atomic mass is 16.7. The number of carbonyl (C=O) groups excluding carboxylic acids is 1. The molecule has 3 rings (SSSR count). The predicted molar refractivity (Wildman–Crippen MR) is 117 cm³/mol. The van der Waals surface area contributed by atoms with Gasteiger partial charge in [0.25, 0.3) is 0 Å². The highest BCUT2D eigenvalue weighted by Crippen LogP contribution is 2.24. The monoisotopic (exact) mass is 443 g/mol. The van der Waals surface area contributed by atoms with Crippen molar-refractivity contribution in [3.05, 3.63) is 65.5 Å². The molecule has 5 atom stereocenters. The summed E-state index contributed by atoms with van der Waals surface area (Å²) in [5.41, 5.74) is 2.61. The van der Waals surface area contributed by atoms with Crippen molar-refractivity contribution in [1.29, 1.82) is 0 Å². The molecule has 4 N–H and O–H groups in total. The molecule has 1 aromatic carbocycles. The van der Waals surface area contributed by atoms with Crippen LogP contribution in [-0.2, 0) is 16.0 Å². The molecule has 1 saturated heterocycles. The van der Waals surface area contributed by atoms with Crippen molar-refractivity contribution in [3.63, 3.8) is 0 Å². The minimum Gasteiger partial charge on any atom is -0.462 e. The Labute approximate surface area is 186 Å². The fourth-order valence-electron chi connectivity index (χ4n) is 3.29. The largest absolute Gasteiger partial charge is 0.462 e. The van der Waals surface area contributed by atoms with E-state index < -0.39 is 37.3 Å². The predicted octanol–water partition coefficient (Wildman–Crippen LogP) is 1.21. The molecule has 0 radical (unpaired) electrons. The lowest BCUT2D eigenvalue weighted by molar-refractivity contribution is -0.277. The topological polar surface area (TPSA) is 129 Å². The SMILES string of the molecule is CC(C)c1ccc(CC(=O)/C=C/c2ccc(O[C@@H]3OC(CO)[C@H](O)[C@H](O)C3O)cc2)cn1. The van der Waals surface area contributed by atoms with E-state index in [1.807, 2.05) is 12.1 Å². The highest BCUT2D eigenvalue weighted by molar-refractivity contribution is 5.95. The van der Waals surface area contributed by atoms with Crippen LogP contribution >= 0.6 is 0 Å². The molecule has 0 spiro atoms. The maximum absolute atomic E-state index is 12.2. The van der Waals surface area contributed by atoms with E-state index in [4.69, 9.17) is 9.47 Å². The third-order valence-electron chi connectivity index (χ3n) is 5.26. The van der Waals surface area contributed by atoms with Crippen LogP contribution in [-0.4, -0.2) is 68.5 Å². The number of carbonyl (C=O) groups is 1. The Balaban J connectivity index is 1.56. The van der Waals surface area contributed by atoms with Gasteiger partial charge in [0.05, 0.1) is 6.61 Å². The van der Waals surface area contributed by atoms with E-state index in [-0.39, 0.29) is 12.2 Å². The molecule has 172 valence electrons. The van der Waals surface area contributed by atoms with Crippen LogP contribution in [0.15, 0.2) is 48.7 Å². The zero-order valence-corrected chi connectivity index (χ0v) is 18.0. The van der Waals surface area contributed by atoms with Gasteiger partial charge in [-0.2, -0.15) is 0 Å².